The molecule has 0 unspecified atom stereocenters. The van der Waals surface area contributed by atoms with Crippen LogP contribution >= 0.6 is 0 Å². The molecule has 1 amide bonds. The van der Waals surface area contributed by atoms with Gasteiger partial charge in [-0.3, -0.25) is 9.89 Å². The number of hydrogen-bond acceptors (Lipinski definition) is 4. The van der Waals surface area contributed by atoms with Gasteiger partial charge < -0.3 is 14.2 Å². The van der Waals surface area contributed by atoms with Crippen molar-refractivity contribution in [3.05, 3.63) is 66.6 Å². The number of hydrogen-bond donors (Lipinski definition) is 1. The molecule has 2 aromatic heterocycles. The zero-order chi connectivity index (χ0) is 19.8. The summed E-state index contributed by atoms with van der Waals surface area (Å²) in [5.74, 6) is 0.729. The van der Waals surface area contributed by atoms with E-state index in [4.69, 9.17) is 4.74 Å². The average molecular weight is 387 g/mol. The Morgan fingerprint density at radius 1 is 1.17 bits per heavy atom. The van der Waals surface area contributed by atoms with Crippen molar-refractivity contribution in [1.82, 2.24) is 24.6 Å². The summed E-state index contributed by atoms with van der Waals surface area (Å²) in [6, 6.07) is 17.8. The summed E-state index contributed by atoms with van der Waals surface area (Å²) < 4.78 is 7.45. The highest BCUT2D eigenvalue weighted by Crippen LogP contribution is 2.28. The van der Waals surface area contributed by atoms with Crippen LogP contribution in [0.2, 0.25) is 0 Å². The minimum atomic E-state index is -0.0291. The molecule has 1 fully saturated rings. The molecule has 0 spiro atoms. The SMILES string of the molecule is COc1cccc(-c2cc(C(=O)N3CC[C@H](n4cnc5ccccc54)C3)[nH]n2)c1. The van der Waals surface area contributed by atoms with E-state index in [2.05, 4.69) is 25.8 Å². The van der Waals surface area contributed by atoms with Crippen LogP contribution in [0.5, 0.6) is 5.75 Å². The molecule has 1 aliphatic heterocycles. The van der Waals surface area contributed by atoms with Gasteiger partial charge >= 0.3 is 0 Å². The van der Waals surface area contributed by atoms with Gasteiger partial charge in [-0.05, 0) is 36.8 Å². The van der Waals surface area contributed by atoms with Crippen LogP contribution in [0.1, 0.15) is 23.0 Å². The van der Waals surface area contributed by atoms with Gasteiger partial charge in [-0.25, -0.2) is 4.98 Å². The number of aromatic nitrogens is 4. The Kier molecular flexibility index (Phi) is 4.27. The van der Waals surface area contributed by atoms with Crippen molar-refractivity contribution in [2.45, 2.75) is 12.5 Å². The van der Waals surface area contributed by atoms with Gasteiger partial charge in [-0.2, -0.15) is 5.10 Å². The van der Waals surface area contributed by atoms with Crippen LogP contribution in [0, 0.1) is 0 Å². The van der Waals surface area contributed by atoms with Crippen LogP contribution in [0.25, 0.3) is 22.3 Å². The Balaban J connectivity index is 1.33. The smallest absolute Gasteiger partial charge is 0.271 e. The molecule has 1 atom stereocenters. The van der Waals surface area contributed by atoms with Crippen LogP contribution in [0.3, 0.4) is 0 Å². The molecule has 1 N–H and O–H groups in total. The van der Waals surface area contributed by atoms with E-state index in [1.807, 2.05) is 53.7 Å². The Morgan fingerprint density at radius 3 is 2.97 bits per heavy atom. The van der Waals surface area contributed by atoms with Gasteiger partial charge in [-0.1, -0.05) is 24.3 Å². The number of rotatable bonds is 4. The van der Waals surface area contributed by atoms with Gasteiger partial charge in [0, 0.05) is 18.7 Å². The first-order chi connectivity index (χ1) is 14.2. The first kappa shape index (κ1) is 17.5. The van der Waals surface area contributed by atoms with Gasteiger partial charge in [0.1, 0.15) is 11.4 Å². The molecule has 7 nitrogen and oxygen atoms in total. The molecule has 4 aromatic rings. The Hall–Kier alpha value is -3.61. The third kappa shape index (κ3) is 3.14. The summed E-state index contributed by atoms with van der Waals surface area (Å²) in [6.45, 7) is 1.37. The molecule has 3 heterocycles. The average Bonchev–Trinajstić information content (AvgIpc) is 3.52. The molecule has 2 aromatic carbocycles. The molecule has 0 radical (unpaired) electrons. The Bertz CT molecular complexity index is 1180. The summed E-state index contributed by atoms with van der Waals surface area (Å²) in [5.41, 5.74) is 4.22. The zero-order valence-corrected chi connectivity index (χ0v) is 16.1. The van der Waals surface area contributed by atoms with Crippen LogP contribution in [0.4, 0.5) is 0 Å². The normalized spacial score (nSPS) is 16.4. The van der Waals surface area contributed by atoms with Crippen molar-refractivity contribution in [2.75, 3.05) is 20.2 Å². The van der Waals surface area contributed by atoms with Gasteiger partial charge in [0.05, 0.1) is 36.2 Å². The summed E-state index contributed by atoms with van der Waals surface area (Å²) >= 11 is 0. The number of fused-ring (bicyclic) bond motifs is 1. The maximum Gasteiger partial charge on any atom is 0.271 e. The highest BCUT2D eigenvalue weighted by atomic mass is 16.5. The van der Waals surface area contributed by atoms with Crippen LogP contribution < -0.4 is 4.74 Å². The van der Waals surface area contributed by atoms with E-state index in [0.717, 1.165) is 34.5 Å². The molecule has 0 bridgehead atoms. The van der Waals surface area contributed by atoms with E-state index in [1.54, 1.807) is 13.2 Å². The number of carbonyl (C=O) groups excluding carboxylic acids is 1. The summed E-state index contributed by atoms with van der Waals surface area (Å²) in [4.78, 5) is 19.4. The van der Waals surface area contributed by atoms with Crippen LogP contribution in [0.15, 0.2) is 60.9 Å². The van der Waals surface area contributed by atoms with E-state index in [0.29, 0.717) is 18.8 Å². The van der Waals surface area contributed by atoms with Crippen LogP contribution in [-0.4, -0.2) is 50.8 Å². The fourth-order valence-electron chi connectivity index (χ4n) is 3.95. The van der Waals surface area contributed by atoms with E-state index in [-0.39, 0.29) is 11.9 Å². The van der Waals surface area contributed by atoms with Gasteiger partial charge in [-0.15, -0.1) is 0 Å². The van der Waals surface area contributed by atoms with Gasteiger partial charge in [0.15, 0.2) is 0 Å². The number of methoxy groups -OCH3 is 1. The molecule has 1 aliphatic rings. The van der Waals surface area contributed by atoms with E-state index in [1.165, 1.54) is 0 Å². The minimum Gasteiger partial charge on any atom is -0.497 e. The summed E-state index contributed by atoms with van der Waals surface area (Å²) in [5, 5.41) is 7.22. The van der Waals surface area contributed by atoms with Crippen molar-refractivity contribution in [3.8, 4) is 17.0 Å². The van der Waals surface area contributed by atoms with Crippen molar-refractivity contribution in [2.24, 2.45) is 0 Å². The number of aromatic amines is 1. The number of likely N-dealkylation sites (tertiary alicyclic amines) is 1. The predicted molar refractivity (Wildman–Crippen MR) is 110 cm³/mol. The molecule has 146 valence electrons. The number of imidazole rings is 1. The Morgan fingerprint density at radius 2 is 2.07 bits per heavy atom. The number of para-hydroxylation sites is 2. The largest absolute Gasteiger partial charge is 0.497 e. The molecular weight excluding hydrogens is 366 g/mol. The lowest BCUT2D eigenvalue weighted by Gasteiger charge is -2.16. The summed E-state index contributed by atoms with van der Waals surface area (Å²) in [6.07, 6.45) is 2.78. The molecule has 7 heteroatoms. The van der Waals surface area contributed by atoms with E-state index >= 15 is 0 Å². The number of nitrogens with one attached hydrogen (secondary N) is 1. The zero-order valence-electron chi connectivity index (χ0n) is 16.1. The second-order valence-corrected chi connectivity index (χ2v) is 7.23. The predicted octanol–water partition coefficient (Wildman–Crippen LogP) is 3.52. The Labute approximate surface area is 167 Å². The maximum absolute atomic E-state index is 13.0. The molecule has 29 heavy (non-hydrogen) atoms. The summed E-state index contributed by atoms with van der Waals surface area (Å²) in [7, 11) is 1.63. The highest BCUT2D eigenvalue weighted by molar-refractivity contribution is 5.93. The molecule has 5 rings (SSSR count). The van der Waals surface area contributed by atoms with Crippen molar-refractivity contribution in [3.63, 3.8) is 0 Å². The van der Waals surface area contributed by atoms with Crippen molar-refractivity contribution in [1.29, 1.82) is 0 Å². The minimum absolute atomic E-state index is 0.0291. The maximum atomic E-state index is 13.0. The lowest BCUT2D eigenvalue weighted by atomic mass is 10.1. The standard InChI is InChI=1S/C22H21N5O2/c1-29-17-6-4-5-15(11-17)19-12-20(25-24-19)22(28)26-10-9-16(13-26)27-14-23-18-7-2-3-8-21(18)27/h2-8,11-12,14,16H,9-10,13H2,1H3,(H,24,25)/t16-/m0/s1. The molecular formula is C22H21N5O2. The fraction of sp³-hybridized carbons (Fsp3) is 0.227. The lowest BCUT2D eigenvalue weighted by molar-refractivity contribution is 0.0782. The monoisotopic (exact) mass is 387 g/mol. The number of benzene rings is 2. The number of nitrogens with zero attached hydrogens (tertiary/aromatic N) is 4. The first-order valence-corrected chi connectivity index (χ1v) is 9.63. The first-order valence-electron chi connectivity index (χ1n) is 9.63. The lowest BCUT2D eigenvalue weighted by Crippen LogP contribution is -2.29. The third-order valence-corrected chi connectivity index (χ3v) is 5.50. The van der Waals surface area contributed by atoms with Gasteiger partial charge in [0.2, 0.25) is 0 Å². The number of H-pyrrole nitrogens is 1. The second kappa shape index (κ2) is 7.09. The van der Waals surface area contributed by atoms with E-state index < -0.39 is 0 Å². The molecule has 0 saturated carbocycles. The van der Waals surface area contributed by atoms with Gasteiger partial charge in [0.25, 0.3) is 5.91 Å². The number of carbonyl (C=O) groups is 1. The third-order valence-electron chi connectivity index (χ3n) is 5.50. The van der Waals surface area contributed by atoms with E-state index in [9.17, 15) is 4.79 Å². The van der Waals surface area contributed by atoms with Crippen molar-refractivity contribution < 1.29 is 9.53 Å². The van der Waals surface area contributed by atoms with Crippen LogP contribution in [-0.2, 0) is 0 Å². The number of ether oxygens (including phenoxy) is 1. The highest BCUT2D eigenvalue weighted by Gasteiger charge is 2.29. The number of amides is 1. The molecule has 0 aliphatic carbocycles. The quantitative estimate of drug-likeness (QED) is 0.581. The van der Waals surface area contributed by atoms with Crippen molar-refractivity contribution >= 4 is 16.9 Å². The topological polar surface area (TPSA) is 76.0 Å². The molecule has 1 saturated heterocycles. The fourth-order valence-corrected chi connectivity index (χ4v) is 3.95. The second-order valence-electron chi connectivity index (χ2n) is 7.23.